The number of ether oxygens (including phenoxy) is 2. The molecule has 0 unspecified atom stereocenters. The number of carbonyl (C=O) groups excluding carboxylic acids is 1. The number of nitrogens with zero attached hydrogens (tertiary/aromatic N) is 1. The third-order valence-corrected chi connectivity index (χ3v) is 3.46. The Morgan fingerprint density at radius 2 is 2.09 bits per heavy atom. The summed E-state index contributed by atoms with van der Waals surface area (Å²) in [5.74, 6) is 1.24. The van der Waals surface area contributed by atoms with E-state index in [2.05, 4.69) is 22.5 Å². The van der Waals surface area contributed by atoms with Gasteiger partial charge in [-0.1, -0.05) is 13.0 Å². The van der Waals surface area contributed by atoms with E-state index in [0.717, 1.165) is 30.0 Å². The number of hydrogen-bond donors (Lipinski definition) is 2. The van der Waals surface area contributed by atoms with Crippen molar-refractivity contribution in [3.8, 4) is 11.5 Å². The van der Waals surface area contributed by atoms with Gasteiger partial charge in [-0.25, -0.2) is 0 Å². The first-order chi connectivity index (χ1) is 11.3. The largest absolute Gasteiger partial charge is 0.454 e. The van der Waals surface area contributed by atoms with Crippen molar-refractivity contribution in [1.29, 1.82) is 0 Å². The van der Waals surface area contributed by atoms with E-state index in [1.54, 1.807) is 12.3 Å². The van der Waals surface area contributed by atoms with Crippen LogP contribution in [0.25, 0.3) is 0 Å². The number of carbonyl (C=O) groups is 1. The van der Waals surface area contributed by atoms with E-state index in [9.17, 15) is 4.79 Å². The summed E-state index contributed by atoms with van der Waals surface area (Å²) in [6, 6.07) is 9.22. The van der Waals surface area contributed by atoms with Crippen LogP contribution in [0.4, 0.5) is 5.69 Å². The molecule has 0 spiro atoms. The Kier molecular flexibility index (Phi) is 4.61. The normalized spacial score (nSPS) is 12.0. The van der Waals surface area contributed by atoms with Crippen molar-refractivity contribution < 1.29 is 14.3 Å². The van der Waals surface area contributed by atoms with E-state index in [0.29, 0.717) is 18.0 Å². The van der Waals surface area contributed by atoms with E-state index < -0.39 is 0 Å². The number of hydrogen-bond acceptors (Lipinski definition) is 5. The molecule has 2 heterocycles. The molecule has 23 heavy (non-hydrogen) atoms. The molecule has 2 N–H and O–H groups in total. The average Bonchev–Trinajstić information content (AvgIpc) is 3.05. The standard InChI is InChI=1S/C17H19N3O3/c1-2-6-18-13-5-7-19-14(9-13)17(21)20-10-12-3-4-15-16(8-12)23-11-22-15/h3-5,7-9H,2,6,10-11H2,1H3,(H,18,19)(H,20,21). The van der Waals surface area contributed by atoms with Gasteiger partial charge in [0.25, 0.3) is 5.91 Å². The minimum Gasteiger partial charge on any atom is -0.454 e. The molecule has 0 fully saturated rings. The second kappa shape index (κ2) is 7.00. The summed E-state index contributed by atoms with van der Waals surface area (Å²) < 4.78 is 10.6. The molecule has 0 aliphatic carbocycles. The van der Waals surface area contributed by atoms with Crippen molar-refractivity contribution in [2.75, 3.05) is 18.7 Å². The van der Waals surface area contributed by atoms with Gasteiger partial charge in [-0.15, -0.1) is 0 Å². The Morgan fingerprint density at radius 3 is 2.96 bits per heavy atom. The summed E-state index contributed by atoms with van der Waals surface area (Å²) in [5.41, 5.74) is 2.24. The fourth-order valence-corrected chi connectivity index (χ4v) is 2.26. The molecular weight excluding hydrogens is 294 g/mol. The van der Waals surface area contributed by atoms with Crippen LogP contribution in [0.3, 0.4) is 0 Å². The summed E-state index contributed by atoms with van der Waals surface area (Å²) in [7, 11) is 0. The summed E-state index contributed by atoms with van der Waals surface area (Å²) in [6.45, 7) is 3.60. The SMILES string of the molecule is CCCNc1ccnc(C(=O)NCc2ccc3c(c2)OCO3)c1. The first-order valence-corrected chi connectivity index (χ1v) is 7.63. The Bertz CT molecular complexity index is 703. The molecule has 6 heteroatoms. The van der Waals surface area contributed by atoms with Crippen LogP contribution in [-0.2, 0) is 6.54 Å². The van der Waals surface area contributed by atoms with Gasteiger partial charge >= 0.3 is 0 Å². The monoisotopic (exact) mass is 313 g/mol. The fraction of sp³-hybridized carbons (Fsp3) is 0.294. The topological polar surface area (TPSA) is 72.5 Å². The summed E-state index contributed by atoms with van der Waals surface area (Å²) in [4.78, 5) is 16.3. The smallest absolute Gasteiger partial charge is 0.270 e. The molecule has 2 aromatic rings. The molecule has 0 radical (unpaired) electrons. The molecule has 0 atom stereocenters. The van der Waals surface area contributed by atoms with Crippen LogP contribution in [0.5, 0.6) is 11.5 Å². The lowest BCUT2D eigenvalue weighted by Gasteiger charge is -2.08. The van der Waals surface area contributed by atoms with Crippen LogP contribution in [0, 0.1) is 0 Å². The van der Waals surface area contributed by atoms with Gasteiger partial charge in [0, 0.05) is 25.0 Å². The van der Waals surface area contributed by atoms with Gasteiger partial charge in [0.2, 0.25) is 6.79 Å². The fourth-order valence-electron chi connectivity index (χ4n) is 2.26. The van der Waals surface area contributed by atoms with Crippen LogP contribution in [-0.4, -0.2) is 24.2 Å². The number of aromatic nitrogens is 1. The third-order valence-electron chi connectivity index (χ3n) is 3.46. The molecule has 0 saturated carbocycles. The van der Waals surface area contributed by atoms with Gasteiger partial charge in [-0.05, 0) is 36.2 Å². The van der Waals surface area contributed by atoms with Crippen molar-refractivity contribution in [1.82, 2.24) is 10.3 Å². The highest BCUT2D eigenvalue weighted by molar-refractivity contribution is 5.93. The van der Waals surface area contributed by atoms with Crippen molar-refractivity contribution in [2.24, 2.45) is 0 Å². The highest BCUT2D eigenvalue weighted by atomic mass is 16.7. The molecule has 120 valence electrons. The molecule has 1 aromatic heterocycles. The van der Waals surface area contributed by atoms with Crippen LogP contribution in [0.1, 0.15) is 29.4 Å². The Hall–Kier alpha value is -2.76. The van der Waals surface area contributed by atoms with Gasteiger partial charge in [-0.2, -0.15) is 0 Å². The minimum atomic E-state index is -0.206. The van der Waals surface area contributed by atoms with Crippen LogP contribution < -0.4 is 20.1 Å². The highest BCUT2D eigenvalue weighted by Gasteiger charge is 2.14. The van der Waals surface area contributed by atoms with Gasteiger partial charge < -0.3 is 20.1 Å². The predicted molar refractivity (Wildman–Crippen MR) is 86.8 cm³/mol. The zero-order valence-corrected chi connectivity index (χ0v) is 13.0. The molecular formula is C17H19N3O3. The van der Waals surface area contributed by atoms with Crippen LogP contribution in [0.2, 0.25) is 0 Å². The number of fused-ring (bicyclic) bond motifs is 1. The maximum atomic E-state index is 12.2. The van der Waals surface area contributed by atoms with Crippen LogP contribution >= 0.6 is 0 Å². The zero-order valence-electron chi connectivity index (χ0n) is 13.0. The summed E-state index contributed by atoms with van der Waals surface area (Å²) in [6.07, 6.45) is 2.65. The highest BCUT2D eigenvalue weighted by Crippen LogP contribution is 2.32. The second-order valence-electron chi connectivity index (χ2n) is 5.23. The number of nitrogens with one attached hydrogen (secondary N) is 2. The van der Waals surface area contributed by atoms with Crippen molar-refractivity contribution >= 4 is 11.6 Å². The van der Waals surface area contributed by atoms with E-state index in [-0.39, 0.29) is 12.7 Å². The molecule has 1 aliphatic heterocycles. The Balaban J connectivity index is 1.61. The first-order valence-electron chi connectivity index (χ1n) is 7.63. The van der Waals surface area contributed by atoms with Gasteiger partial charge in [-0.3, -0.25) is 9.78 Å². The number of rotatable bonds is 6. The van der Waals surface area contributed by atoms with Gasteiger partial charge in [0.1, 0.15) is 5.69 Å². The number of benzene rings is 1. The maximum Gasteiger partial charge on any atom is 0.270 e. The molecule has 3 rings (SSSR count). The molecule has 1 aromatic carbocycles. The number of amides is 1. The first kappa shape index (κ1) is 15.1. The van der Waals surface area contributed by atoms with E-state index >= 15 is 0 Å². The van der Waals surface area contributed by atoms with E-state index in [1.807, 2.05) is 24.3 Å². The van der Waals surface area contributed by atoms with Gasteiger partial charge in [0.05, 0.1) is 0 Å². The van der Waals surface area contributed by atoms with Crippen molar-refractivity contribution in [3.63, 3.8) is 0 Å². The Labute approximate surface area is 134 Å². The lowest BCUT2D eigenvalue weighted by molar-refractivity contribution is 0.0946. The average molecular weight is 313 g/mol. The summed E-state index contributed by atoms with van der Waals surface area (Å²) in [5, 5.41) is 6.11. The maximum absolute atomic E-state index is 12.2. The molecule has 1 amide bonds. The predicted octanol–water partition coefficient (Wildman–Crippen LogP) is 2.56. The lowest BCUT2D eigenvalue weighted by atomic mass is 10.2. The van der Waals surface area contributed by atoms with E-state index in [1.165, 1.54) is 0 Å². The molecule has 0 bridgehead atoms. The third kappa shape index (κ3) is 3.71. The minimum absolute atomic E-state index is 0.206. The quantitative estimate of drug-likeness (QED) is 0.857. The molecule has 0 saturated heterocycles. The van der Waals surface area contributed by atoms with Crippen molar-refractivity contribution in [3.05, 3.63) is 47.8 Å². The van der Waals surface area contributed by atoms with Crippen molar-refractivity contribution in [2.45, 2.75) is 19.9 Å². The second-order valence-corrected chi connectivity index (χ2v) is 5.23. The van der Waals surface area contributed by atoms with Gasteiger partial charge in [0.15, 0.2) is 11.5 Å². The Morgan fingerprint density at radius 1 is 1.22 bits per heavy atom. The summed E-state index contributed by atoms with van der Waals surface area (Å²) >= 11 is 0. The molecule has 6 nitrogen and oxygen atoms in total. The number of pyridine rings is 1. The zero-order chi connectivity index (χ0) is 16.1. The van der Waals surface area contributed by atoms with Crippen LogP contribution in [0.15, 0.2) is 36.5 Å². The molecule has 1 aliphatic rings. The lowest BCUT2D eigenvalue weighted by Crippen LogP contribution is -2.23. The number of anilines is 1. The van der Waals surface area contributed by atoms with E-state index in [4.69, 9.17) is 9.47 Å².